The standard InChI is InChI=1S/C25H26N2OS/c1-17-6-7-18(15-26-17)16-27-11-8-19(9-12-27)24-21-5-3-2-4-20(21)14-23(28)25-22(24)10-13-29-25/h2-7,10,13,15,19,24H,8-9,11-12,14,16H2,1H3. The van der Waals surface area contributed by atoms with E-state index in [2.05, 4.69) is 57.7 Å². The number of fused-ring (bicyclic) bond motifs is 2. The zero-order valence-corrected chi connectivity index (χ0v) is 17.6. The van der Waals surface area contributed by atoms with Crippen LogP contribution in [0.5, 0.6) is 0 Å². The number of aromatic nitrogens is 1. The summed E-state index contributed by atoms with van der Waals surface area (Å²) < 4.78 is 0. The Balaban J connectivity index is 1.37. The first-order chi connectivity index (χ1) is 14.2. The number of thiophene rings is 1. The molecule has 1 aliphatic heterocycles. The van der Waals surface area contributed by atoms with E-state index in [1.165, 1.54) is 35.1 Å². The van der Waals surface area contributed by atoms with Gasteiger partial charge in [-0.15, -0.1) is 11.3 Å². The second kappa shape index (κ2) is 7.85. The smallest absolute Gasteiger partial charge is 0.177 e. The maximum Gasteiger partial charge on any atom is 0.177 e. The average Bonchev–Trinajstić information content (AvgIpc) is 3.18. The quantitative estimate of drug-likeness (QED) is 0.601. The Morgan fingerprint density at radius 2 is 1.90 bits per heavy atom. The van der Waals surface area contributed by atoms with E-state index in [4.69, 9.17) is 0 Å². The van der Waals surface area contributed by atoms with Crippen LogP contribution >= 0.6 is 11.3 Å². The highest BCUT2D eigenvalue weighted by Crippen LogP contribution is 2.44. The lowest BCUT2D eigenvalue weighted by Gasteiger charge is -2.36. The number of hydrogen-bond acceptors (Lipinski definition) is 4. The van der Waals surface area contributed by atoms with Crippen LogP contribution in [0.25, 0.3) is 0 Å². The van der Waals surface area contributed by atoms with Gasteiger partial charge in [-0.3, -0.25) is 14.7 Å². The fourth-order valence-electron chi connectivity index (χ4n) is 5.01. The highest BCUT2D eigenvalue weighted by Gasteiger charge is 2.35. The first-order valence-electron chi connectivity index (χ1n) is 10.5. The second-order valence-electron chi connectivity index (χ2n) is 8.40. The molecule has 1 aliphatic carbocycles. The molecule has 1 aromatic carbocycles. The van der Waals surface area contributed by atoms with Crippen LogP contribution in [0.15, 0.2) is 54.0 Å². The lowest BCUT2D eigenvalue weighted by atomic mass is 9.75. The number of pyridine rings is 1. The molecular formula is C25H26N2OS. The van der Waals surface area contributed by atoms with Gasteiger partial charge in [0.15, 0.2) is 5.78 Å². The molecule has 3 nitrogen and oxygen atoms in total. The summed E-state index contributed by atoms with van der Waals surface area (Å²) in [5.41, 5.74) is 6.23. The van der Waals surface area contributed by atoms with Crippen molar-refractivity contribution >= 4 is 17.1 Å². The van der Waals surface area contributed by atoms with Crippen molar-refractivity contribution in [2.45, 2.75) is 38.6 Å². The van der Waals surface area contributed by atoms with Gasteiger partial charge in [0.1, 0.15) is 0 Å². The second-order valence-corrected chi connectivity index (χ2v) is 9.32. The summed E-state index contributed by atoms with van der Waals surface area (Å²) in [5.74, 6) is 1.22. The third-order valence-electron chi connectivity index (χ3n) is 6.51. The van der Waals surface area contributed by atoms with Gasteiger partial charge < -0.3 is 0 Å². The molecule has 1 unspecified atom stereocenters. The number of Topliss-reactive ketones (excluding diaryl/α,β-unsaturated/α-hetero) is 1. The van der Waals surface area contributed by atoms with Crippen molar-refractivity contribution in [2.75, 3.05) is 13.1 Å². The number of benzene rings is 1. The minimum Gasteiger partial charge on any atom is -0.299 e. The molecule has 2 aliphatic rings. The number of carbonyl (C=O) groups is 1. The number of likely N-dealkylation sites (tertiary alicyclic amines) is 1. The molecule has 3 heterocycles. The third kappa shape index (κ3) is 3.67. The molecule has 1 atom stereocenters. The van der Waals surface area contributed by atoms with E-state index >= 15 is 0 Å². The summed E-state index contributed by atoms with van der Waals surface area (Å²) in [6.45, 7) is 5.21. The number of ketones is 1. The summed E-state index contributed by atoms with van der Waals surface area (Å²) in [5, 5.41) is 2.10. The number of hydrogen-bond donors (Lipinski definition) is 0. The lowest BCUT2D eigenvalue weighted by molar-refractivity contribution is 0.0996. The monoisotopic (exact) mass is 402 g/mol. The molecule has 3 aromatic rings. The van der Waals surface area contributed by atoms with Gasteiger partial charge in [-0.25, -0.2) is 0 Å². The van der Waals surface area contributed by atoms with Crippen molar-refractivity contribution < 1.29 is 4.79 Å². The summed E-state index contributed by atoms with van der Waals surface area (Å²) in [6.07, 6.45) is 4.88. The van der Waals surface area contributed by atoms with Gasteiger partial charge in [0.2, 0.25) is 0 Å². The van der Waals surface area contributed by atoms with E-state index in [1.807, 2.05) is 13.1 Å². The first-order valence-corrected chi connectivity index (χ1v) is 11.4. The van der Waals surface area contributed by atoms with E-state index in [0.29, 0.717) is 18.3 Å². The summed E-state index contributed by atoms with van der Waals surface area (Å²) in [7, 11) is 0. The number of nitrogens with zero attached hydrogens (tertiary/aromatic N) is 2. The molecule has 5 rings (SSSR count). The number of carbonyl (C=O) groups excluding carboxylic acids is 1. The Labute approximate surface area is 176 Å². The molecule has 4 heteroatoms. The van der Waals surface area contributed by atoms with Gasteiger partial charge in [0.25, 0.3) is 0 Å². The van der Waals surface area contributed by atoms with Crippen LogP contribution in [0.4, 0.5) is 0 Å². The number of piperidine rings is 1. The van der Waals surface area contributed by atoms with Crippen LogP contribution < -0.4 is 0 Å². The molecule has 148 valence electrons. The van der Waals surface area contributed by atoms with Gasteiger partial charge in [0, 0.05) is 30.8 Å². The predicted octanol–water partition coefficient (Wildman–Crippen LogP) is 5.23. The highest BCUT2D eigenvalue weighted by atomic mass is 32.1. The topological polar surface area (TPSA) is 33.2 Å². The normalized spacial score (nSPS) is 20.2. The maximum atomic E-state index is 12.8. The summed E-state index contributed by atoms with van der Waals surface area (Å²) >= 11 is 1.62. The summed E-state index contributed by atoms with van der Waals surface area (Å²) in [4.78, 5) is 20.8. The highest BCUT2D eigenvalue weighted by molar-refractivity contribution is 7.12. The van der Waals surface area contributed by atoms with Crippen molar-refractivity contribution in [3.63, 3.8) is 0 Å². The Morgan fingerprint density at radius 3 is 2.69 bits per heavy atom. The summed E-state index contributed by atoms with van der Waals surface area (Å²) in [6, 6.07) is 15.1. The lowest BCUT2D eigenvalue weighted by Crippen LogP contribution is -2.35. The molecule has 1 fully saturated rings. The molecule has 0 radical (unpaired) electrons. The average molecular weight is 403 g/mol. The predicted molar refractivity (Wildman–Crippen MR) is 118 cm³/mol. The van der Waals surface area contributed by atoms with Gasteiger partial charge in [-0.2, -0.15) is 0 Å². The van der Waals surface area contributed by atoms with E-state index in [0.717, 1.165) is 30.2 Å². The largest absolute Gasteiger partial charge is 0.299 e. The molecule has 0 saturated carbocycles. The van der Waals surface area contributed by atoms with Crippen LogP contribution in [-0.2, 0) is 13.0 Å². The molecular weight excluding hydrogens is 376 g/mol. The van der Waals surface area contributed by atoms with Crippen molar-refractivity contribution in [3.05, 3.63) is 86.9 Å². The van der Waals surface area contributed by atoms with Crippen molar-refractivity contribution in [3.8, 4) is 0 Å². The van der Waals surface area contributed by atoms with Crippen LogP contribution in [0.1, 0.15) is 56.4 Å². The molecule has 0 N–H and O–H groups in total. The van der Waals surface area contributed by atoms with Crippen molar-refractivity contribution in [1.82, 2.24) is 9.88 Å². The first kappa shape index (κ1) is 18.7. The molecule has 0 amide bonds. The number of aryl methyl sites for hydroxylation is 1. The molecule has 2 aromatic heterocycles. The van der Waals surface area contributed by atoms with Gasteiger partial charge in [-0.05, 0) is 78.5 Å². The van der Waals surface area contributed by atoms with Crippen LogP contribution in [0, 0.1) is 12.8 Å². The SMILES string of the molecule is Cc1ccc(CN2CCC(C3c4ccccc4CC(=O)c4sccc43)CC2)cn1. The van der Waals surface area contributed by atoms with Crippen molar-refractivity contribution in [2.24, 2.45) is 5.92 Å². The number of rotatable bonds is 3. The zero-order valence-electron chi connectivity index (χ0n) is 16.8. The van der Waals surface area contributed by atoms with E-state index in [9.17, 15) is 4.79 Å². The van der Waals surface area contributed by atoms with E-state index in [-0.39, 0.29) is 5.78 Å². The third-order valence-corrected chi connectivity index (χ3v) is 7.48. The van der Waals surface area contributed by atoms with Gasteiger partial charge in [0.05, 0.1) is 4.88 Å². The molecule has 0 spiro atoms. The maximum absolute atomic E-state index is 12.8. The Hall–Kier alpha value is -2.30. The molecule has 1 saturated heterocycles. The Kier molecular flexibility index (Phi) is 5.06. The van der Waals surface area contributed by atoms with Crippen LogP contribution in [0.3, 0.4) is 0 Å². The Bertz CT molecular complexity index is 1020. The zero-order chi connectivity index (χ0) is 19.8. The fraction of sp³-hybridized carbons (Fsp3) is 0.360. The van der Waals surface area contributed by atoms with Crippen molar-refractivity contribution in [1.29, 1.82) is 0 Å². The van der Waals surface area contributed by atoms with Gasteiger partial charge in [-0.1, -0.05) is 30.3 Å². The minimum atomic E-state index is 0.286. The Morgan fingerprint density at radius 1 is 1.07 bits per heavy atom. The molecule has 0 bridgehead atoms. The minimum absolute atomic E-state index is 0.286. The van der Waals surface area contributed by atoms with E-state index < -0.39 is 0 Å². The van der Waals surface area contributed by atoms with Crippen LogP contribution in [0.2, 0.25) is 0 Å². The molecule has 29 heavy (non-hydrogen) atoms. The fourth-order valence-corrected chi connectivity index (χ4v) is 5.90. The van der Waals surface area contributed by atoms with E-state index in [1.54, 1.807) is 11.3 Å². The van der Waals surface area contributed by atoms with Crippen LogP contribution in [-0.4, -0.2) is 28.8 Å². The van der Waals surface area contributed by atoms with Gasteiger partial charge >= 0.3 is 0 Å².